The van der Waals surface area contributed by atoms with Crippen molar-refractivity contribution in [1.29, 1.82) is 0 Å². The molecule has 0 aromatic heterocycles. The van der Waals surface area contributed by atoms with Gasteiger partial charge in [-0.15, -0.1) is 0 Å². The van der Waals surface area contributed by atoms with Gasteiger partial charge in [-0.3, -0.25) is 4.79 Å². The van der Waals surface area contributed by atoms with Crippen LogP contribution in [0, 0.1) is 12.8 Å². The first-order valence-corrected chi connectivity index (χ1v) is 7.01. The van der Waals surface area contributed by atoms with Crippen molar-refractivity contribution in [2.75, 3.05) is 0 Å². The first-order chi connectivity index (χ1) is 9.43. The number of aryl methyl sites for hydroxylation is 2. The van der Waals surface area contributed by atoms with E-state index in [1.807, 2.05) is 45.0 Å². The fourth-order valence-corrected chi connectivity index (χ4v) is 2.05. The van der Waals surface area contributed by atoms with Gasteiger partial charge in [0.2, 0.25) is 5.91 Å². The Labute approximate surface area is 120 Å². The molecule has 1 rings (SSSR count). The zero-order valence-corrected chi connectivity index (χ0v) is 12.3. The Morgan fingerprint density at radius 2 is 2.05 bits per heavy atom. The topological polar surface area (TPSA) is 66.4 Å². The summed E-state index contributed by atoms with van der Waals surface area (Å²) in [7, 11) is 0. The van der Waals surface area contributed by atoms with Gasteiger partial charge in [0.15, 0.2) is 0 Å². The highest BCUT2D eigenvalue weighted by Crippen LogP contribution is 2.10. The molecule has 0 aliphatic rings. The number of carbonyl (C=O) groups excluding carboxylic acids is 1. The number of rotatable bonds is 7. The van der Waals surface area contributed by atoms with Crippen molar-refractivity contribution in [3.8, 4) is 0 Å². The van der Waals surface area contributed by atoms with Crippen LogP contribution < -0.4 is 5.32 Å². The Morgan fingerprint density at radius 1 is 1.35 bits per heavy atom. The first-order valence-electron chi connectivity index (χ1n) is 7.01. The van der Waals surface area contributed by atoms with Crippen LogP contribution in [0.2, 0.25) is 0 Å². The summed E-state index contributed by atoms with van der Waals surface area (Å²) < 4.78 is 0. The maximum atomic E-state index is 11.9. The predicted octanol–water partition coefficient (Wildman–Crippen LogP) is 2.54. The molecule has 0 bridgehead atoms. The van der Waals surface area contributed by atoms with E-state index in [1.165, 1.54) is 0 Å². The predicted molar refractivity (Wildman–Crippen MR) is 78.5 cm³/mol. The van der Waals surface area contributed by atoms with Gasteiger partial charge < -0.3 is 10.4 Å². The minimum absolute atomic E-state index is 0.0737. The summed E-state index contributed by atoms with van der Waals surface area (Å²) in [5.74, 6) is -1.25. The molecule has 0 aliphatic heterocycles. The molecule has 4 heteroatoms. The largest absolute Gasteiger partial charge is 0.480 e. The molecular formula is C16H23NO3. The molecule has 110 valence electrons. The molecule has 0 spiro atoms. The summed E-state index contributed by atoms with van der Waals surface area (Å²) in [5.41, 5.74) is 2.25. The Morgan fingerprint density at radius 3 is 2.60 bits per heavy atom. The number of nitrogens with one attached hydrogen (secondary N) is 1. The van der Waals surface area contributed by atoms with Crippen LogP contribution in [0.3, 0.4) is 0 Å². The van der Waals surface area contributed by atoms with E-state index in [1.54, 1.807) is 0 Å². The maximum absolute atomic E-state index is 11.9. The van der Waals surface area contributed by atoms with Crippen molar-refractivity contribution >= 4 is 11.9 Å². The third kappa shape index (κ3) is 5.03. The number of carboxylic acid groups (broad SMARTS) is 1. The van der Waals surface area contributed by atoms with Crippen LogP contribution in [-0.2, 0) is 16.0 Å². The summed E-state index contributed by atoms with van der Waals surface area (Å²) in [6, 6.07) is 7.18. The number of carbonyl (C=O) groups is 2. The smallest absolute Gasteiger partial charge is 0.326 e. The van der Waals surface area contributed by atoms with Gasteiger partial charge in [0.05, 0.1) is 0 Å². The Kier molecular flexibility index (Phi) is 6.22. The number of benzene rings is 1. The lowest BCUT2D eigenvalue weighted by Gasteiger charge is -2.20. The molecule has 4 nitrogen and oxygen atoms in total. The van der Waals surface area contributed by atoms with E-state index in [0.29, 0.717) is 12.8 Å². The fraction of sp³-hybridized carbons (Fsp3) is 0.500. The van der Waals surface area contributed by atoms with Crippen LogP contribution in [0.1, 0.15) is 37.8 Å². The summed E-state index contributed by atoms with van der Waals surface area (Å²) >= 11 is 0. The molecule has 2 atom stereocenters. The summed E-state index contributed by atoms with van der Waals surface area (Å²) in [4.78, 5) is 23.0. The third-order valence-corrected chi connectivity index (χ3v) is 3.52. The molecule has 0 heterocycles. The SMILES string of the molecule is CC[C@H](C)[C@H](NC(=O)CCc1cccc(C)c1)C(=O)O. The second-order valence-corrected chi connectivity index (χ2v) is 5.26. The van der Waals surface area contributed by atoms with Crippen molar-refractivity contribution in [3.63, 3.8) is 0 Å². The molecule has 0 saturated heterocycles. The van der Waals surface area contributed by atoms with Crippen molar-refractivity contribution in [1.82, 2.24) is 5.32 Å². The van der Waals surface area contributed by atoms with Crippen molar-refractivity contribution in [2.45, 2.75) is 46.1 Å². The average Bonchev–Trinajstić information content (AvgIpc) is 2.41. The van der Waals surface area contributed by atoms with E-state index in [-0.39, 0.29) is 11.8 Å². The maximum Gasteiger partial charge on any atom is 0.326 e. The molecule has 1 amide bonds. The van der Waals surface area contributed by atoms with E-state index in [2.05, 4.69) is 5.32 Å². The normalized spacial score (nSPS) is 13.6. The Hall–Kier alpha value is -1.84. The second-order valence-electron chi connectivity index (χ2n) is 5.26. The van der Waals surface area contributed by atoms with Gasteiger partial charge in [-0.05, 0) is 24.8 Å². The minimum atomic E-state index is -0.969. The number of aliphatic carboxylic acids is 1. The first kappa shape index (κ1) is 16.2. The monoisotopic (exact) mass is 277 g/mol. The van der Waals surface area contributed by atoms with E-state index in [0.717, 1.165) is 17.5 Å². The zero-order chi connectivity index (χ0) is 15.1. The fourth-order valence-electron chi connectivity index (χ4n) is 2.05. The lowest BCUT2D eigenvalue weighted by Crippen LogP contribution is -2.45. The summed E-state index contributed by atoms with van der Waals surface area (Å²) in [6.45, 7) is 5.76. The van der Waals surface area contributed by atoms with Gasteiger partial charge in [-0.2, -0.15) is 0 Å². The van der Waals surface area contributed by atoms with Gasteiger partial charge in [-0.1, -0.05) is 50.1 Å². The van der Waals surface area contributed by atoms with Crippen LogP contribution in [0.15, 0.2) is 24.3 Å². The van der Waals surface area contributed by atoms with Gasteiger partial charge in [0.1, 0.15) is 6.04 Å². The summed E-state index contributed by atoms with van der Waals surface area (Å²) in [6.07, 6.45) is 1.65. The number of carboxylic acids is 1. The molecule has 0 radical (unpaired) electrons. The Balaban J connectivity index is 2.52. The van der Waals surface area contributed by atoms with Crippen LogP contribution in [0.5, 0.6) is 0 Å². The van der Waals surface area contributed by atoms with Gasteiger partial charge in [0, 0.05) is 6.42 Å². The van der Waals surface area contributed by atoms with E-state index in [9.17, 15) is 9.59 Å². The molecule has 0 saturated carbocycles. The van der Waals surface area contributed by atoms with Crippen LogP contribution in [0.4, 0.5) is 0 Å². The molecule has 20 heavy (non-hydrogen) atoms. The highest BCUT2D eigenvalue weighted by molar-refractivity contribution is 5.83. The molecule has 0 unspecified atom stereocenters. The van der Waals surface area contributed by atoms with E-state index in [4.69, 9.17) is 5.11 Å². The third-order valence-electron chi connectivity index (χ3n) is 3.52. The molecule has 0 fully saturated rings. The van der Waals surface area contributed by atoms with Crippen molar-refractivity contribution in [3.05, 3.63) is 35.4 Å². The minimum Gasteiger partial charge on any atom is -0.480 e. The molecule has 1 aromatic carbocycles. The lowest BCUT2D eigenvalue weighted by atomic mass is 9.99. The van der Waals surface area contributed by atoms with Crippen LogP contribution in [0.25, 0.3) is 0 Å². The Bertz CT molecular complexity index is 471. The number of hydrogen-bond acceptors (Lipinski definition) is 2. The number of hydrogen-bond donors (Lipinski definition) is 2. The molecular weight excluding hydrogens is 254 g/mol. The molecule has 0 aliphatic carbocycles. The van der Waals surface area contributed by atoms with Gasteiger partial charge in [0.25, 0.3) is 0 Å². The van der Waals surface area contributed by atoms with Crippen molar-refractivity contribution in [2.24, 2.45) is 5.92 Å². The lowest BCUT2D eigenvalue weighted by molar-refractivity contribution is -0.143. The summed E-state index contributed by atoms with van der Waals surface area (Å²) in [5, 5.41) is 11.7. The second kappa shape index (κ2) is 7.68. The average molecular weight is 277 g/mol. The number of amides is 1. The highest BCUT2D eigenvalue weighted by atomic mass is 16.4. The molecule has 1 aromatic rings. The van der Waals surface area contributed by atoms with Gasteiger partial charge >= 0.3 is 5.97 Å². The van der Waals surface area contributed by atoms with Crippen molar-refractivity contribution < 1.29 is 14.7 Å². The van der Waals surface area contributed by atoms with Gasteiger partial charge in [-0.25, -0.2) is 4.79 Å². The van der Waals surface area contributed by atoms with Crippen LogP contribution >= 0.6 is 0 Å². The van der Waals surface area contributed by atoms with Crippen LogP contribution in [-0.4, -0.2) is 23.0 Å². The molecule has 2 N–H and O–H groups in total. The zero-order valence-electron chi connectivity index (χ0n) is 12.3. The van der Waals surface area contributed by atoms with E-state index >= 15 is 0 Å². The quantitative estimate of drug-likeness (QED) is 0.805. The van der Waals surface area contributed by atoms with E-state index < -0.39 is 12.0 Å². The standard InChI is InChI=1S/C16H23NO3/c1-4-12(3)15(16(19)20)17-14(18)9-8-13-7-5-6-11(2)10-13/h5-7,10,12,15H,4,8-9H2,1-3H3,(H,17,18)(H,19,20)/t12-,15-/m0/s1. The highest BCUT2D eigenvalue weighted by Gasteiger charge is 2.24.